The first kappa shape index (κ1) is 11.2. The second-order valence-corrected chi connectivity index (χ2v) is 4.75. The summed E-state index contributed by atoms with van der Waals surface area (Å²) in [5, 5.41) is 4.46. The molecule has 0 saturated carbocycles. The Morgan fingerprint density at radius 2 is 1.94 bits per heavy atom. The summed E-state index contributed by atoms with van der Waals surface area (Å²) in [5.74, 6) is 1.66. The normalized spacial score (nSPS) is 15.3. The summed E-state index contributed by atoms with van der Waals surface area (Å²) in [7, 11) is 0. The standard InChI is InChI=1S/C13H17N5/c1-10-9-11(2)18(16-10)12-5-6-14-13(15-12)17-7-3-4-8-17/h5-6,9H,3-4,7-8H2,1-2H3. The molecule has 0 aromatic carbocycles. The van der Waals surface area contributed by atoms with Crippen LogP contribution >= 0.6 is 0 Å². The van der Waals surface area contributed by atoms with Crippen molar-refractivity contribution in [3.05, 3.63) is 29.7 Å². The quantitative estimate of drug-likeness (QED) is 0.808. The van der Waals surface area contributed by atoms with Crippen molar-refractivity contribution in [2.45, 2.75) is 26.7 Å². The first-order valence-electron chi connectivity index (χ1n) is 6.36. The molecule has 1 aliphatic heterocycles. The summed E-state index contributed by atoms with van der Waals surface area (Å²) < 4.78 is 1.87. The molecule has 0 spiro atoms. The third-order valence-electron chi connectivity index (χ3n) is 3.24. The molecule has 1 aliphatic rings. The van der Waals surface area contributed by atoms with E-state index in [1.807, 2.05) is 30.8 Å². The van der Waals surface area contributed by atoms with Crippen LogP contribution in [-0.4, -0.2) is 32.8 Å². The molecule has 3 heterocycles. The fourth-order valence-electron chi connectivity index (χ4n) is 2.39. The molecule has 0 amide bonds. The highest BCUT2D eigenvalue weighted by atomic mass is 15.3. The molecule has 5 heteroatoms. The molecule has 1 fully saturated rings. The second-order valence-electron chi connectivity index (χ2n) is 4.75. The highest BCUT2D eigenvalue weighted by Gasteiger charge is 2.15. The number of aryl methyl sites for hydroxylation is 2. The van der Waals surface area contributed by atoms with Crippen molar-refractivity contribution in [2.75, 3.05) is 18.0 Å². The molecule has 0 bridgehead atoms. The maximum absolute atomic E-state index is 4.61. The summed E-state index contributed by atoms with van der Waals surface area (Å²) in [6.07, 6.45) is 4.27. The molecule has 2 aromatic heterocycles. The Labute approximate surface area is 106 Å². The van der Waals surface area contributed by atoms with Gasteiger partial charge in [-0.15, -0.1) is 0 Å². The largest absolute Gasteiger partial charge is 0.341 e. The van der Waals surface area contributed by atoms with Crippen molar-refractivity contribution < 1.29 is 0 Å². The summed E-state index contributed by atoms with van der Waals surface area (Å²) in [4.78, 5) is 11.2. The van der Waals surface area contributed by atoms with E-state index in [1.165, 1.54) is 12.8 Å². The molecule has 0 aliphatic carbocycles. The predicted molar refractivity (Wildman–Crippen MR) is 70.1 cm³/mol. The van der Waals surface area contributed by atoms with Crippen LogP contribution < -0.4 is 4.90 Å². The van der Waals surface area contributed by atoms with Crippen molar-refractivity contribution in [2.24, 2.45) is 0 Å². The van der Waals surface area contributed by atoms with Crippen LogP contribution in [0.3, 0.4) is 0 Å². The van der Waals surface area contributed by atoms with E-state index in [9.17, 15) is 0 Å². The van der Waals surface area contributed by atoms with Gasteiger partial charge in [0, 0.05) is 31.0 Å². The maximum Gasteiger partial charge on any atom is 0.227 e. The topological polar surface area (TPSA) is 46.8 Å². The second kappa shape index (κ2) is 4.40. The van der Waals surface area contributed by atoms with Gasteiger partial charge in [0.15, 0.2) is 5.82 Å². The summed E-state index contributed by atoms with van der Waals surface area (Å²) in [6, 6.07) is 3.96. The zero-order chi connectivity index (χ0) is 12.5. The van der Waals surface area contributed by atoms with Gasteiger partial charge in [0.2, 0.25) is 5.95 Å². The van der Waals surface area contributed by atoms with Crippen LogP contribution in [0.25, 0.3) is 5.82 Å². The summed E-state index contributed by atoms with van der Waals surface area (Å²) in [6.45, 7) is 6.14. The van der Waals surface area contributed by atoms with Crippen molar-refractivity contribution in [1.29, 1.82) is 0 Å². The van der Waals surface area contributed by atoms with E-state index in [2.05, 4.69) is 26.0 Å². The van der Waals surface area contributed by atoms with Gasteiger partial charge >= 0.3 is 0 Å². The zero-order valence-electron chi connectivity index (χ0n) is 10.8. The SMILES string of the molecule is Cc1cc(C)n(-c2ccnc(N3CCCC3)n2)n1. The van der Waals surface area contributed by atoms with E-state index in [1.54, 1.807) is 0 Å². The number of hydrogen-bond acceptors (Lipinski definition) is 4. The maximum atomic E-state index is 4.61. The first-order chi connectivity index (χ1) is 8.74. The molecule has 18 heavy (non-hydrogen) atoms. The van der Waals surface area contributed by atoms with Gasteiger partial charge in [-0.25, -0.2) is 9.67 Å². The van der Waals surface area contributed by atoms with E-state index < -0.39 is 0 Å². The Kier molecular flexibility index (Phi) is 2.74. The van der Waals surface area contributed by atoms with E-state index in [0.717, 1.165) is 36.2 Å². The lowest BCUT2D eigenvalue weighted by Crippen LogP contribution is -2.21. The Bertz CT molecular complexity index is 554. The van der Waals surface area contributed by atoms with Gasteiger partial charge in [-0.2, -0.15) is 10.1 Å². The third-order valence-corrected chi connectivity index (χ3v) is 3.24. The minimum absolute atomic E-state index is 0.817. The minimum Gasteiger partial charge on any atom is -0.341 e. The highest BCUT2D eigenvalue weighted by molar-refractivity contribution is 5.36. The molecule has 3 rings (SSSR count). The first-order valence-corrected chi connectivity index (χ1v) is 6.36. The molecular weight excluding hydrogens is 226 g/mol. The molecule has 5 nitrogen and oxygen atoms in total. The van der Waals surface area contributed by atoms with E-state index >= 15 is 0 Å². The van der Waals surface area contributed by atoms with Gasteiger partial charge in [-0.3, -0.25) is 0 Å². The van der Waals surface area contributed by atoms with Gasteiger partial charge in [0.25, 0.3) is 0 Å². The van der Waals surface area contributed by atoms with E-state index in [0.29, 0.717) is 0 Å². The number of aromatic nitrogens is 4. The average Bonchev–Trinajstić information content (AvgIpc) is 2.99. The fourth-order valence-corrected chi connectivity index (χ4v) is 2.39. The van der Waals surface area contributed by atoms with E-state index in [-0.39, 0.29) is 0 Å². The van der Waals surface area contributed by atoms with Crippen molar-refractivity contribution in [3.63, 3.8) is 0 Å². The number of rotatable bonds is 2. The predicted octanol–water partition coefficient (Wildman–Crippen LogP) is 1.88. The highest BCUT2D eigenvalue weighted by Crippen LogP contribution is 2.17. The monoisotopic (exact) mass is 243 g/mol. The Morgan fingerprint density at radius 1 is 1.17 bits per heavy atom. The summed E-state index contributed by atoms with van der Waals surface area (Å²) in [5.41, 5.74) is 2.10. The molecule has 0 atom stereocenters. The molecule has 94 valence electrons. The average molecular weight is 243 g/mol. The number of nitrogens with zero attached hydrogens (tertiary/aromatic N) is 5. The van der Waals surface area contributed by atoms with Crippen LogP contribution in [0.1, 0.15) is 24.2 Å². The van der Waals surface area contributed by atoms with Crippen molar-refractivity contribution in [1.82, 2.24) is 19.7 Å². The summed E-state index contributed by atoms with van der Waals surface area (Å²) >= 11 is 0. The lowest BCUT2D eigenvalue weighted by atomic mass is 10.4. The van der Waals surface area contributed by atoms with Crippen LogP contribution in [0.2, 0.25) is 0 Å². The van der Waals surface area contributed by atoms with Crippen molar-refractivity contribution in [3.8, 4) is 5.82 Å². The third kappa shape index (κ3) is 1.96. The van der Waals surface area contributed by atoms with Crippen molar-refractivity contribution >= 4 is 5.95 Å². The van der Waals surface area contributed by atoms with Crippen LogP contribution in [0.15, 0.2) is 18.3 Å². The Hall–Kier alpha value is -1.91. The zero-order valence-corrected chi connectivity index (χ0v) is 10.8. The van der Waals surface area contributed by atoms with Gasteiger partial charge in [0.1, 0.15) is 0 Å². The minimum atomic E-state index is 0.817. The van der Waals surface area contributed by atoms with E-state index in [4.69, 9.17) is 0 Å². The Balaban J connectivity index is 1.97. The van der Waals surface area contributed by atoms with Crippen LogP contribution in [0.4, 0.5) is 5.95 Å². The molecule has 1 saturated heterocycles. The smallest absolute Gasteiger partial charge is 0.227 e. The van der Waals surface area contributed by atoms with Gasteiger partial charge < -0.3 is 4.90 Å². The number of hydrogen-bond donors (Lipinski definition) is 0. The molecule has 2 aromatic rings. The van der Waals surface area contributed by atoms with Crippen LogP contribution in [0, 0.1) is 13.8 Å². The molecule has 0 radical (unpaired) electrons. The lowest BCUT2D eigenvalue weighted by molar-refractivity contribution is 0.789. The fraction of sp³-hybridized carbons (Fsp3) is 0.462. The lowest BCUT2D eigenvalue weighted by Gasteiger charge is -2.15. The van der Waals surface area contributed by atoms with Crippen LogP contribution in [0.5, 0.6) is 0 Å². The molecule has 0 N–H and O–H groups in total. The molecule has 0 unspecified atom stereocenters. The Morgan fingerprint density at radius 3 is 2.61 bits per heavy atom. The van der Waals surface area contributed by atoms with Gasteiger partial charge in [0.05, 0.1) is 5.69 Å². The van der Waals surface area contributed by atoms with Gasteiger partial charge in [-0.05, 0) is 32.8 Å². The molecular formula is C13H17N5. The van der Waals surface area contributed by atoms with Gasteiger partial charge in [-0.1, -0.05) is 0 Å². The number of anilines is 1. The van der Waals surface area contributed by atoms with Crippen LogP contribution in [-0.2, 0) is 0 Å².